The van der Waals surface area contributed by atoms with Crippen LogP contribution in [0.1, 0.15) is 45.5 Å². The minimum absolute atomic E-state index is 0. The molecule has 0 aliphatic carbocycles. The van der Waals surface area contributed by atoms with Gasteiger partial charge in [0.05, 0.1) is 6.61 Å². The number of aryl methyl sites for hydroxylation is 1. The first-order valence-electron chi connectivity index (χ1n) is 12.8. The Labute approximate surface area is 257 Å². The van der Waals surface area contributed by atoms with Gasteiger partial charge in [-0.25, -0.2) is 4.79 Å². The van der Waals surface area contributed by atoms with Gasteiger partial charge in [0.1, 0.15) is 30.5 Å². The van der Waals surface area contributed by atoms with Crippen LogP contribution in [0.25, 0.3) is 22.5 Å². The molecule has 208 valence electrons. The number of aldehydes is 1. The van der Waals surface area contributed by atoms with Crippen molar-refractivity contribution in [1.29, 1.82) is 0 Å². The zero-order valence-electron chi connectivity index (χ0n) is 24.4. The molecular formula is C32H32LiNO6S. The largest absolute Gasteiger partial charge is 1.00 e. The first-order chi connectivity index (χ1) is 19.4. The molecule has 0 bridgehead atoms. The van der Waals surface area contributed by atoms with E-state index in [1.54, 1.807) is 18.2 Å². The molecular weight excluding hydrogens is 533 g/mol. The average Bonchev–Trinajstić information content (AvgIpc) is 3.44. The Balaban J connectivity index is 0.00000308. The Hall–Kier alpha value is -3.54. The standard InChI is InChI=1S/C32H31NO6S.Li.H/c1-21-5-3-4-6-26(21)28-17-23(9-13-27(28)31(35)33-29(32(36)37)15-16-40-2)19-38-20-25-12-14-30(39-25)24-10-7-22(18-34)8-11-24;;/h3-14,17-18,29H,15-16,19-20H2,1-2H3,(H,33,35)(H,36,37);;/q;+1;-1. The Morgan fingerprint density at radius 2 is 1.78 bits per heavy atom. The van der Waals surface area contributed by atoms with Crippen LogP contribution in [-0.4, -0.2) is 41.3 Å². The van der Waals surface area contributed by atoms with Crippen molar-refractivity contribution < 1.29 is 48.9 Å². The normalized spacial score (nSPS) is 11.4. The third-order valence-corrected chi connectivity index (χ3v) is 7.13. The molecule has 1 atom stereocenters. The minimum Gasteiger partial charge on any atom is -1.00 e. The fourth-order valence-electron chi connectivity index (χ4n) is 4.31. The number of nitrogens with one attached hydrogen (secondary N) is 1. The number of rotatable bonds is 13. The van der Waals surface area contributed by atoms with Gasteiger partial charge in [-0.3, -0.25) is 9.59 Å². The topological polar surface area (TPSA) is 106 Å². The summed E-state index contributed by atoms with van der Waals surface area (Å²) in [4.78, 5) is 35.9. The van der Waals surface area contributed by atoms with Crippen LogP contribution in [0.15, 0.2) is 83.3 Å². The van der Waals surface area contributed by atoms with Crippen molar-refractivity contribution in [3.05, 3.63) is 107 Å². The van der Waals surface area contributed by atoms with E-state index in [-0.39, 0.29) is 33.5 Å². The summed E-state index contributed by atoms with van der Waals surface area (Å²) in [6.45, 7) is 2.51. The molecule has 0 saturated carbocycles. The predicted molar refractivity (Wildman–Crippen MR) is 158 cm³/mol. The number of carboxylic acid groups (broad SMARTS) is 1. The Bertz CT molecular complexity index is 1490. The minimum atomic E-state index is -1.05. The summed E-state index contributed by atoms with van der Waals surface area (Å²) in [5, 5.41) is 12.3. The van der Waals surface area contributed by atoms with Crippen molar-refractivity contribution in [2.24, 2.45) is 0 Å². The van der Waals surface area contributed by atoms with Crippen molar-refractivity contribution >= 4 is 29.9 Å². The third kappa shape index (κ3) is 8.48. The molecule has 1 amide bonds. The van der Waals surface area contributed by atoms with Crippen LogP contribution in [0.5, 0.6) is 0 Å². The zero-order chi connectivity index (χ0) is 28.5. The smallest absolute Gasteiger partial charge is 1.00 e. The number of aliphatic carboxylic acids is 1. The number of hydrogen-bond donors (Lipinski definition) is 2. The van der Waals surface area contributed by atoms with Gasteiger partial charge in [0.2, 0.25) is 0 Å². The summed E-state index contributed by atoms with van der Waals surface area (Å²) in [7, 11) is 0. The van der Waals surface area contributed by atoms with Crippen LogP contribution in [-0.2, 0) is 22.7 Å². The summed E-state index contributed by atoms with van der Waals surface area (Å²) in [5.41, 5.74) is 5.34. The number of hydrogen-bond acceptors (Lipinski definition) is 6. The van der Waals surface area contributed by atoms with E-state index in [0.717, 1.165) is 28.5 Å². The van der Waals surface area contributed by atoms with E-state index >= 15 is 0 Å². The SMILES string of the molecule is CSCCC(NC(=O)c1ccc(COCc2ccc(-c3ccc(C=O)cc3)o2)cc1-c1ccccc1C)C(=O)O.[H-].[Li+]. The number of benzene rings is 3. The number of carbonyl (C=O) groups is 3. The maximum Gasteiger partial charge on any atom is 1.00 e. The van der Waals surface area contributed by atoms with E-state index in [9.17, 15) is 19.5 Å². The van der Waals surface area contributed by atoms with Gasteiger partial charge in [-0.15, -0.1) is 0 Å². The van der Waals surface area contributed by atoms with E-state index in [2.05, 4.69) is 5.32 Å². The molecule has 0 saturated heterocycles. The summed E-state index contributed by atoms with van der Waals surface area (Å²) in [6.07, 6.45) is 3.04. The first kappa shape index (κ1) is 32.0. The summed E-state index contributed by atoms with van der Waals surface area (Å²) in [6, 6.07) is 23.1. The van der Waals surface area contributed by atoms with Crippen molar-refractivity contribution in [1.82, 2.24) is 5.32 Å². The van der Waals surface area contributed by atoms with Gasteiger partial charge in [-0.1, -0.05) is 54.6 Å². The van der Waals surface area contributed by atoms with Gasteiger partial charge in [0.25, 0.3) is 5.91 Å². The third-order valence-electron chi connectivity index (χ3n) is 6.48. The van der Waals surface area contributed by atoms with Gasteiger partial charge in [-0.2, -0.15) is 11.8 Å². The Morgan fingerprint density at radius 1 is 1.02 bits per heavy atom. The van der Waals surface area contributed by atoms with Crippen LogP contribution < -0.4 is 24.2 Å². The first-order valence-corrected chi connectivity index (χ1v) is 14.2. The predicted octanol–water partition coefficient (Wildman–Crippen LogP) is 3.50. The number of amides is 1. The van der Waals surface area contributed by atoms with Gasteiger partial charge in [0.15, 0.2) is 0 Å². The molecule has 0 radical (unpaired) electrons. The molecule has 0 fully saturated rings. The molecule has 7 nitrogen and oxygen atoms in total. The summed E-state index contributed by atoms with van der Waals surface area (Å²) in [5.74, 6) is 0.495. The van der Waals surface area contributed by atoms with Crippen molar-refractivity contribution in [2.45, 2.75) is 32.6 Å². The quantitative estimate of drug-likeness (QED) is 0.189. The summed E-state index contributed by atoms with van der Waals surface area (Å²) < 4.78 is 11.8. The molecule has 3 aromatic carbocycles. The van der Waals surface area contributed by atoms with Crippen LogP contribution in [0, 0.1) is 6.92 Å². The van der Waals surface area contributed by atoms with Crippen LogP contribution in [0.3, 0.4) is 0 Å². The second-order valence-corrected chi connectivity index (χ2v) is 10.3. The van der Waals surface area contributed by atoms with Crippen LogP contribution in [0.4, 0.5) is 0 Å². The molecule has 1 unspecified atom stereocenters. The molecule has 4 aromatic rings. The summed E-state index contributed by atoms with van der Waals surface area (Å²) >= 11 is 1.53. The molecule has 4 rings (SSSR count). The van der Waals surface area contributed by atoms with Crippen molar-refractivity contribution in [2.75, 3.05) is 12.0 Å². The molecule has 0 aliphatic heterocycles. The van der Waals surface area contributed by atoms with E-state index < -0.39 is 17.9 Å². The van der Waals surface area contributed by atoms with E-state index in [0.29, 0.717) is 40.4 Å². The fourth-order valence-corrected chi connectivity index (χ4v) is 4.78. The molecule has 2 N–H and O–H groups in total. The van der Waals surface area contributed by atoms with Crippen LogP contribution in [0.2, 0.25) is 0 Å². The molecule has 0 aliphatic rings. The van der Waals surface area contributed by atoms with E-state index in [1.807, 2.05) is 73.8 Å². The maximum atomic E-state index is 13.3. The number of furan rings is 1. The molecule has 41 heavy (non-hydrogen) atoms. The van der Waals surface area contributed by atoms with Crippen molar-refractivity contribution in [3.8, 4) is 22.5 Å². The Kier molecular flexibility index (Phi) is 12.1. The second-order valence-electron chi connectivity index (χ2n) is 9.34. The Morgan fingerprint density at radius 3 is 2.46 bits per heavy atom. The van der Waals surface area contributed by atoms with Gasteiger partial charge >= 0.3 is 24.8 Å². The molecule has 1 heterocycles. The van der Waals surface area contributed by atoms with E-state index in [1.165, 1.54) is 11.8 Å². The monoisotopic (exact) mass is 565 g/mol. The number of thioether (sulfide) groups is 1. The van der Waals surface area contributed by atoms with Gasteiger partial charge in [-0.05, 0) is 71.9 Å². The second kappa shape index (κ2) is 15.5. The van der Waals surface area contributed by atoms with Crippen molar-refractivity contribution in [3.63, 3.8) is 0 Å². The van der Waals surface area contributed by atoms with E-state index in [4.69, 9.17) is 9.15 Å². The molecule has 1 aromatic heterocycles. The maximum absolute atomic E-state index is 13.3. The number of ether oxygens (including phenoxy) is 1. The number of carbonyl (C=O) groups excluding carboxylic acids is 2. The van der Waals surface area contributed by atoms with Gasteiger partial charge in [0, 0.05) is 16.7 Å². The molecule has 0 spiro atoms. The fraction of sp³-hybridized carbons (Fsp3) is 0.219. The van der Waals surface area contributed by atoms with Crippen LogP contribution >= 0.6 is 11.8 Å². The molecule has 9 heteroatoms. The zero-order valence-corrected chi connectivity index (χ0v) is 24.2. The number of carboxylic acids is 1. The van der Waals surface area contributed by atoms with Gasteiger partial charge < -0.3 is 21.0 Å². The average molecular weight is 566 g/mol.